The topological polar surface area (TPSA) is 23.3 Å². The second kappa shape index (κ2) is 5.88. The first-order valence-electron chi connectivity index (χ1n) is 8.59. The van der Waals surface area contributed by atoms with Crippen molar-refractivity contribution in [1.82, 2.24) is 9.88 Å². The van der Waals surface area contributed by atoms with Crippen molar-refractivity contribution in [3.05, 3.63) is 66.8 Å². The number of hydrogen-bond donors (Lipinski definition) is 0. The number of fused-ring (bicyclic) bond motifs is 1. The number of hydrogen-bond acceptors (Lipinski definition) is 3. The fourth-order valence-corrected chi connectivity index (χ4v) is 3.57. The van der Waals surface area contributed by atoms with Gasteiger partial charge in [0.2, 0.25) is 0 Å². The van der Waals surface area contributed by atoms with Crippen LogP contribution in [0.2, 0.25) is 0 Å². The van der Waals surface area contributed by atoms with E-state index in [9.17, 15) is 0 Å². The molecule has 0 spiro atoms. The Bertz CT molecular complexity index is 977. The van der Waals surface area contributed by atoms with Gasteiger partial charge in [0.05, 0.1) is 12.4 Å². The van der Waals surface area contributed by atoms with Crippen LogP contribution in [0, 0.1) is 6.92 Å². The largest absolute Gasteiger partial charge is 0.339 e. The molecule has 0 fully saturated rings. The molecule has 0 N–H and O–H groups in total. The van der Waals surface area contributed by atoms with Gasteiger partial charge >= 0.3 is 0 Å². The van der Waals surface area contributed by atoms with E-state index in [1.807, 2.05) is 12.4 Å². The highest BCUT2D eigenvalue weighted by Crippen LogP contribution is 2.31. The Labute approximate surface area is 148 Å². The highest BCUT2D eigenvalue weighted by atomic mass is 15.4. The summed E-state index contributed by atoms with van der Waals surface area (Å²) >= 11 is 0. The molecule has 25 heavy (non-hydrogen) atoms. The normalized spacial score (nSPS) is 16.9. The van der Waals surface area contributed by atoms with Gasteiger partial charge in [-0.15, -0.1) is 0 Å². The third kappa shape index (κ3) is 2.45. The molecule has 0 radical (unpaired) electrons. The third-order valence-electron chi connectivity index (χ3n) is 5.18. The maximum Gasteiger partial charge on any atom is 0.291 e. The number of benzene rings is 1. The summed E-state index contributed by atoms with van der Waals surface area (Å²) in [4.78, 5) is 8.88. The molecule has 0 saturated heterocycles. The number of rotatable bonds is 2. The minimum absolute atomic E-state index is 0.273. The van der Waals surface area contributed by atoms with Gasteiger partial charge < -0.3 is 4.90 Å². The lowest BCUT2D eigenvalue weighted by Gasteiger charge is -2.23. The van der Waals surface area contributed by atoms with Crippen molar-refractivity contribution in [2.75, 3.05) is 11.9 Å². The van der Waals surface area contributed by atoms with E-state index in [0.717, 1.165) is 5.39 Å². The Kier molecular flexibility index (Phi) is 3.68. The number of nitrogens with zero attached hydrogens (tertiary/aromatic N) is 4. The molecule has 1 aromatic carbocycles. The van der Waals surface area contributed by atoms with E-state index < -0.39 is 0 Å². The Morgan fingerprint density at radius 3 is 2.64 bits per heavy atom. The first-order valence-corrected chi connectivity index (χ1v) is 8.59. The molecule has 0 saturated carbocycles. The predicted molar refractivity (Wildman–Crippen MR) is 102 cm³/mol. The summed E-state index contributed by atoms with van der Waals surface area (Å²) in [6, 6.07) is 12.9. The number of aryl methyl sites for hydroxylation is 1. The van der Waals surface area contributed by atoms with Crippen molar-refractivity contribution in [2.24, 2.45) is 7.05 Å². The first kappa shape index (κ1) is 15.6. The molecule has 1 aliphatic heterocycles. The highest BCUT2D eigenvalue weighted by Gasteiger charge is 2.32. The van der Waals surface area contributed by atoms with Crippen molar-refractivity contribution in [3.8, 4) is 11.3 Å². The fourth-order valence-electron chi connectivity index (χ4n) is 3.57. The monoisotopic (exact) mass is 331 g/mol. The summed E-state index contributed by atoms with van der Waals surface area (Å²) in [6.45, 7) is 4.38. The van der Waals surface area contributed by atoms with Gasteiger partial charge in [0, 0.05) is 36.6 Å². The molecule has 3 aromatic rings. The number of aromatic nitrogens is 2. The summed E-state index contributed by atoms with van der Waals surface area (Å²) in [6.07, 6.45) is 8.37. The molecule has 1 atom stereocenters. The molecular formula is C21H23N4+. The van der Waals surface area contributed by atoms with E-state index in [0.29, 0.717) is 0 Å². The van der Waals surface area contributed by atoms with Gasteiger partial charge in [-0.2, -0.15) is 0 Å². The van der Waals surface area contributed by atoms with Crippen molar-refractivity contribution < 1.29 is 4.57 Å². The number of pyridine rings is 2. The lowest BCUT2D eigenvalue weighted by atomic mass is 10.0. The van der Waals surface area contributed by atoms with Crippen molar-refractivity contribution in [3.63, 3.8) is 0 Å². The van der Waals surface area contributed by atoms with Crippen LogP contribution in [0.5, 0.6) is 0 Å². The molecule has 0 unspecified atom stereocenters. The van der Waals surface area contributed by atoms with Crippen LogP contribution in [0.3, 0.4) is 0 Å². The van der Waals surface area contributed by atoms with E-state index in [-0.39, 0.29) is 6.17 Å². The molecule has 0 bridgehead atoms. The van der Waals surface area contributed by atoms with E-state index >= 15 is 0 Å². The molecule has 0 amide bonds. The van der Waals surface area contributed by atoms with Crippen LogP contribution < -0.4 is 9.47 Å². The zero-order valence-electron chi connectivity index (χ0n) is 15.1. The fraction of sp³-hybridized carbons (Fsp3) is 0.238. The molecule has 0 aliphatic carbocycles. The Balaban J connectivity index is 2.03. The van der Waals surface area contributed by atoms with Crippen LogP contribution in [0.25, 0.3) is 22.0 Å². The molecule has 126 valence electrons. The Morgan fingerprint density at radius 2 is 1.92 bits per heavy atom. The van der Waals surface area contributed by atoms with Gasteiger partial charge in [-0.1, -0.05) is 24.3 Å². The smallest absolute Gasteiger partial charge is 0.291 e. The molecule has 4 nitrogen and oxygen atoms in total. The maximum absolute atomic E-state index is 4.35. The van der Waals surface area contributed by atoms with Crippen LogP contribution in [0.4, 0.5) is 5.82 Å². The standard InChI is InChI=1S/C21H23N4/c1-15-7-5-6-8-18(15)20-13-17-14-22-10-9-19(17)21(24(20)4)25-12-11-23(3)16(25)2/h5-14,16H,1-4H3/q+1/t16-/m0/s1. The van der Waals surface area contributed by atoms with Crippen LogP contribution >= 0.6 is 0 Å². The van der Waals surface area contributed by atoms with Gasteiger partial charge in [-0.05, 0) is 31.5 Å². The minimum atomic E-state index is 0.273. The van der Waals surface area contributed by atoms with Gasteiger partial charge in [0.1, 0.15) is 11.9 Å². The Hall–Kier alpha value is -2.88. The van der Waals surface area contributed by atoms with Crippen LogP contribution in [0.1, 0.15) is 12.5 Å². The average Bonchev–Trinajstić information content (AvgIpc) is 2.94. The number of anilines is 1. The van der Waals surface area contributed by atoms with E-state index in [1.54, 1.807) is 0 Å². The summed E-state index contributed by atoms with van der Waals surface area (Å²) in [5.74, 6) is 1.19. The summed E-state index contributed by atoms with van der Waals surface area (Å²) < 4.78 is 2.30. The zero-order chi connectivity index (χ0) is 17.6. The van der Waals surface area contributed by atoms with E-state index in [1.165, 1.54) is 28.0 Å². The summed E-state index contributed by atoms with van der Waals surface area (Å²) in [5, 5.41) is 2.37. The molecular weight excluding hydrogens is 308 g/mol. The van der Waals surface area contributed by atoms with Crippen LogP contribution in [0.15, 0.2) is 61.2 Å². The van der Waals surface area contributed by atoms with E-state index in [4.69, 9.17) is 0 Å². The van der Waals surface area contributed by atoms with Crippen LogP contribution in [-0.2, 0) is 7.05 Å². The second-order valence-corrected chi connectivity index (χ2v) is 6.69. The summed E-state index contributed by atoms with van der Waals surface area (Å²) in [7, 11) is 4.26. The molecule has 4 heteroatoms. The minimum Gasteiger partial charge on any atom is -0.339 e. The predicted octanol–water partition coefficient (Wildman–Crippen LogP) is 3.60. The lowest BCUT2D eigenvalue weighted by Crippen LogP contribution is -2.44. The van der Waals surface area contributed by atoms with Gasteiger partial charge in [0.25, 0.3) is 5.82 Å². The van der Waals surface area contributed by atoms with Gasteiger partial charge in [0.15, 0.2) is 6.17 Å². The second-order valence-electron chi connectivity index (χ2n) is 6.69. The molecule has 2 aromatic heterocycles. The quantitative estimate of drug-likeness (QED) is 0.670. The molecule has 3 heterocycles. The van der Waals surface area contributed by atoms with Crippen molar-refractivity contribution in [2.45, 2.75) is 20.0 Å². The lowest BCUT2D eigenvalue weighted by molar-refractivity contribution is -0.646. The van der Waals surface area contributed by atoms with E-state index in [2.05, 4.69) is 96.1 Å². The zero-order valence-corrected chi connectivity index (χ0v) is 15.1. The first-order chi connectivity index (χ1) is 12.1. The highest BCUT2D eigenvalue weighted by molar-refractivity contribution is 5.92. The SMILES string of the molecule is Cc1ccccc1-c1cc2cnccc2c(N2C=CN(C)[C@@H]2C)[n+]1C. The molecule has 1 aliphatic rings. The maximum atomic E-state index is 4.35. The van der Waals surface area contributed by atoms with Crippen molar-refractivity contribution in [1.29, 1.82) is 0 Å². The van der Waals surface area contributed by atoms with Crippen LogP contribution in [-0.4, -0.2) is 23.1 Å². The van der Waals surface area contributed by atoms with Crippen molar-refractivity contribution >= 4 is 16.6 Å². The van der Waals surface area contributed by atoms with Gasteiger partial charge in [-0.25, -0.2) is 9.47 Å². The van der Waals surface area contributed by atoms with Gasteiger partial charge in [-0.3, -0.25) is 4.98 Å². The summed E-state index contributed by atoms with van der Waals surface area (Å²) in [5.41, 5.74) is 3.72. The third-order valence-corrected chi connectivity index (χ3v) is 5.18. The Morgan fingerprint density at radius 1 is 1.12 bits per heavy atom. The average molecular weight is 331 g/mol. The molecule has 4 rings (SSSR count).